The van der Waals surface area contributed by atoms with Crippen molar-refractivity contribution in [1.29, 1.82) is 10.7 Å². The number of nitrogens with zero attached hydrogens (tertiary/aromatic N) is 4. The van der Waals surface area contributed by atoms with E-state index >= 15 is 0 Å². The lowest BCUT2D eigenvalue weighted by Crippen LogP contribution is -2.49. The van der Waals surface area contributed by atoms with Crippen molar-refractivity contribution in [3.63, 3.8) is 0 Å². The van der Waals surface area contributed by atoms with E-state index in [2.05, 4.69) is 26.3 Å². The number of nitriles is 1. The number of rotatable bonds is 2. The highest BCUT2D eigenvalue weighted by molar-refractivity contribution is 7.16. The maximum Gasteiger partial charge on any atom is 0.129 e. The maximum absolute atomic E-state index is 9.08. The molecule has 4 heterocycles. The van der Waals surface area contributed by atoms with Gasteiger partial charge >= 0.3 is 0 Å². The van der Waals surface area contributed by atoms with Crippen LogP contribution in [-0.4, -0.2) is 20.8 Å². The Balaban J connectivity index is 1.76. The fourth-order valence-electron chi connectivity index (χ4n) is 3.09. The van der Waals surface area contributed by atoms with E-state index in [9.17, 15) is 0 Å². The van der Waals surface area contributed by atoms with Crippen molar-refractivity contribution in [2.75, 3.05) is 0 Å². The summed E-state index contributed by atoms with van der Waals surface area (Å²) in [7, 11) is 0. The zero-order chi connectivity index (χ0) is 18.3. The van der Waals surface area contributed by atoms with Gasteiger partial charge in [-0.15, -0.1) is 11.3 Å². The number of thiophene rings is 1. The largest absolute Gasteiger partial charge is 0.359 e. The molecule has 0 unspecified atom stereocenters. The second-order valence-corrected chi connectivity index (χ2v) is 7.71. The Kier molecular flexibility index (Phi) is 3.94. The van der Waals surface area contributed by atoms with Crippen LogP contribution in [0.3, 0.4) is 0 Å². The molecule has 1 atom stereocenters. The van der Waals surface area contributed by atoms with Crippen LogP contribution >= 0.6 is 22.9 Å². The summed E-state index contributed by atoms with van der Waals surface area (Å²) in [5, 5.41) is 21.2. The number of fused-ring (bicyclic) bond motifs is 1. The summed E-state index contributed by atoms with van der Waals surface area (Å²) in [5.41, 5.74) is 2.34. The fourth-order valence-corrected chi connectivity index (χ4v) is 4.72. The summed E-state index contributed by atoms with van der Waals surface area (Å²) in [6, 6.07) is 5.77. The molecule has 1 aliphatic rings. The van der Waals surface area contributed by atoms with Crippen LogP contribution in [0.1, 0.15) is 28.6 Å². The molecular weight excluding hydrogens is 368 g/mol. The maximum atomic E-state index is 9.08. The van der Waals surface area contributed by atoms with E-state index in [4.69, 9.17) is 22.3 Å². The molecule has 0 spiro atoms. The van der Waals surface area contributed by atoms with Gasteiger partial charge in [0.2, 0.25) is 0 Å². The Morgan fingerprint density at radius 2 is 2.15 bits per heavy atom. The minimum atomic E-state index is -0.543. The Hall–Kier alpha value is -2.82. The highest BCUT2D eigenvalue weighted by atomic mass is 35.5. The van der Waals surface area contributed by atoms with Crippen LogP contribution in [0.15, 0.2) is 37.1 Å². The molecule has 0 amide bonds. The highest BCUT2D eigenvalue weighted by Crippen LogP contribution is 2.43. The summed E-state index contributed by atoms with van der Waals surface area (Å²) >= 11 is 8.08. The smallest absolute Gasteiger partial charge is 0.129 e. The van der Waals surface area contributed by atoms with Crippen molar-refractivity contribution >= 4 is 28.8 Å². The molecular formula is C18H13ClN6S. The third kappa shape index (κ3) is 2.73. The second-order valence-electron chi connectivity index (χ2n) is 6.25. The number of aromatic nitrogens is 3. The summed E-state index contributed by atoms with van der Waals surface area (Å²) < 4.78 is 0. The number of nitrogens with one attached hydrogen (secondary N) is 2. The Labute approximate surface area is 159 Å². The lowest BCUT2D eigenvalue weighted by molar-refractivity contribution is 0.424. The molecule has 4 rings (SSSR count). The predicted molar refractivity (Wildman–Crippen MR) is 100 cm³/mol. The van der Waals surface area contributed by atoms with Crippen molar-refractivity contribution in [2.45, 2.75) is 18.9 Å². The molecule has 0 radical (unpaired) electrons. The predicted octanol–water partition coefficient (Wildman–Crippen LogP) is 3.51. The van der Waals surface area contributed by atoms with Crippen molar-refractivity contribution in [2.24, 2.45) is 0 Å². The van der Waals surface area contributed by atoms with E-state index in [0.717, 1.165) is 21.0 Å². The van der Waals surface area contributed by atoms with Gasteiger partial charge in [0, 0.05) is 40.3 Å². The van der Waals surface area contributed by atoms with Crippen molar-refractivity contribution in [1.82, 2.24) is 20.3 Å². The third-order valence-electron chi connectivity index (χ3n) is 4.33. The van der Waals surface area contributed by atoms with Crippen molar-refractivity contribution in [3.05, 3.63) is 63.8 Å². The highest BCUT2D eigenvalue weighted by Gasteiger charge is 2.37. The SMILES string of the molecule is C[C@@]1(c2sc(-c3cncc(C#N)c3)cc2Cl)Cc2ncncc2C(=N)N1. The van der Waals surface area contributed by atoms with E-state index in [1.165, 1.54) is 23.9 Å². The minimum Gasteiger partial charge on any atom is -0.359 e. The van der Waals surface area contributed by atoms with E-state index in [-0.39, 0.29) is 5.84 Å². The van der Waals surface area contributed by atoms with Crippen LogP contribution < -0.4 is 5.32 Å². The van der Waals surface area contributed by atoms with E-state index < -0.39 is 5.54 Å². The first-order chi connectivity index (χ1) is 12.5. The molecule has 128 valence electrons. The van der Waals surface area contributed by atoms with Gasteiger partial charge in [0.1, 0.15) is 18.2 Å². The van der Waals surface area contributed by atoms with Crippen molar-refractivity contribution in [3.8, 4) is 16.5 Å². The molecule has 0 aliphatic carbocycles. The molecule has 1 aliphatic heterocycles. The van der Waals surface area contributed by atoms with Gasteiger partial charge < -0.3 is 5.32 Å². The second kappa shape index (κ2) is 6.16. The van der Waals surface area contributed by atoms with Gasteiger partial charge in [-0.1, -0.05) is 11.6 Å². The zero-order valence-electron chi connectivity index (χ0n) is 13.7. The van der Waals surface area contributed by atoms with Crippen LogP contribution in [0.5, 0.6) is 0 Å². The van der Waals surface area contributed by atoms with Crippen LogP contribution in [-0.2, 0) is 12.0 Å². The Morgan fingerprint density at radius 1 is 1.31 bits per heavy atom. The Morgan fingerprint density at radius 3 is 2.96 bits per heavy atom. The first-order valence-electron chi connectivity index (χ1n) is 7.81. The van der Waals surface area contributed by atoms with Gasteiger partial charge in [0.15, 0.2) is 0 Å². The Bertz CT molecular complexity index is 1070. The van der Waals surface area contributed by atoms with Gasteiger partial charge in [-0.05, 0) is 19.1 Å². The number of pyridine rings is 1. The van der Waals surface area contributed by atoms with E-state index in [0.29, 0.717) is 22.6 Å². The monoisotopic (exact) mass is 380 g/mol. The summed E-state index contributed by atoms with van der Waals surface area (Å²) in [4.78, 5) is 14.3. The van der Waals surface area contributed by atoms with Gasteiger partial charge in [-0.2, -0.15) is 5.26 Å². The quantitative estimate of drug-likeness (QED) is 0.708. The first-order valence-corrected chi connectivity index (χ1v) is 9.01. The van der Waals surface area contributed by atoms with Crippen LogP contribution in [0, 0.1) is 16.7 Å². The number of hydrogen-bond acceptors (Lipinski definition) is 6. The van der Waals surface area contributed by atoms with Crippen LogP contribution in [0.25, 0.3) is 10.4 Å². The fraction of sp³-hybridized carbons (Fsp3) is 0.167. The van der Waals surface area contributed by atoms with Gasteiger partial charge in [0.05, 0.1) is 27.4 Å². The summed E-state index contributed by atoms with van der Waals surface area (Å²) in [6.45, 7) is 2.01. The van der Waals surface area contributed by atoms with E-state index in [1.807, 2.05) is 13.0 Å². The van der Waals surface area contributed by atoms with Crippen LogP contribution in [0.4, 0.5) is 0 Å². The lowest BCUT2D eigenvalue weighted by atomic mass is 9.88. The summed E-state index contributed by atoms with van der Waals surface area (Å²) in [5.74, 6) is 0.286. The number of halogens is 1. The molecule has 0 fully saturated rings. The molecule has 26 heavy (non-hydrogen) atoms. The molecule has 0 aromatic carbocycles. The van der Waals surface area contributed by atoms with Gasteiger partial charge in [0.25, 0.3) is 0 Å². The average Bonchev–Trinajstić information content (AvgIpc) is 3.04. The zero-order valence-corrected chi connectivity index (χ0v) is 15.3. The van der Waals surface area contributed by atoms with Crippen molar-refractivity contribution < 1.29 is 0 Å². The van der Waals surface area contributed by atoms with Gasteiger partial charge in [-0.3, -0.25) is 10.4 Å². The molecule has 3 aromatic heterocycles. The molecule has 2 N–H and O–H groups in total. The lowest BCUT2D eigenvalue weighted by Gasteiger charge is -2.36. The van der Waals surface area contributed by atoms with E-state index in [1.54, 1.807) is 18.5 Å². The molecule has 0 bridgehead atoms. The molecule has 0 saturated carbocycles. The number of hydrogen-bond donors (Lipinski definition) is 2. The molecule has 6 nitrogen and oxygen atoms in total. The third-order valence-corrected chi connectivity index (χ3v) is 6.18. The minimum absolute atomic E-state index is 0.286. The summed E-state index contributed by atoms with van der Waals surface area (Å²) in [6.07, 6.45) is 7.00. The van der Waals surface area contributed by atoms with Crippen LogP contribution in [0.2, 0.25) is 5.02 Å². The molecule has 0 saturated heterocycles. The topological polar surface area (TPSA) is 98.3 Å². The molecule has 3 aromatic rings. The molecule has 8 heteroatoms. The average molecular weight is 381 g/mol. The standard InChI is InChI=1S/C18H13ClN6S/c1-18(4-14-12(17(21)25-18)8-23-9-24-14)16-13(19)3-15(26-16)11-2-10(5-20)6-22-7-11/h2-3,6-9H,4H2,1H3,(H2,21,25)/t18-/m0/s1. The number of amidine groups is 1. The van der Waals surface area contributed by atoms with Gasteiger partial charge in [-0.25, -0.2) is 9.97 Å². The normalized spacial score (nSPS) is 18.7. The first kappa shape index (κ1) is 16.6.